The monoisotopic (exact) mass is 266 g/mol. The molecule has 0 heterocycles. The summed E-state index contributed by atoms with van der Waals surface area (Å²) in [5.74, 6) is -0.999. The van der Waals surface area contributed by atoms with Crippen LogP contribution in [0.1, 0.15) is 11.1 Å². The molecule has 2 rings (SSSR count). The average molecular weight is 266 g/mol. The molecule has 2 aromatic rings. The van der Waals surface area contributed by atoms with Gasteiger partial charge in [-0.2, -0.15) is 5.26 Å². The minimum Gasteiger partial charge on any atom is -0.480 e. The van der Waals surface area contributed by atoms with Crippen LogP contribution < -0.4 is 5.73 Å². The summed E-state index contributed by atoms with van der Waals surface area (Å²) in [6.07, 6.45) is 0.309. The Morgan fingerprint density at radius 2 is 1.60 bits per heavy atom. The predicted octanol–water partition coefficient (Wildman–Crippen LogP) is 2.18. The van der Waals surface area contributed by atoms with Gasteiger partial charge in [-0.1, -0.05) is 36.4 Å². The van der Waals surface area contributed by atoms with E-state index in [9.17, 15) is 4.79 Å². The van der Waals surface area contributed by atoms with Crippen molar-refractivity contribution in [1.29, 1.82) is 5.26 Å². The molecule has 4 nitrogen and oxygen atoms in total. The van der Waals surface area contributed by atoms with E-state index in [1.165, 1.54) is 0 Å². The van der Waals surface area contributed by atoms with E-state index >= 15 is 0 Å². The van der Waals surface area contributed by atoms with Gasteiger partial charge in [-0.05, 0) is 35.2 Å². The number of nitrogens with two attached hydrogens (primary N) is 1. The Bertz CT molecular complexity index is 640. The van der Waals surface area contributed by atoms with Crippen LogP contribution in [0.3, 0.4) is 0 Å². The van der Waals surface area contributed by atoms with E-state index in [0.29, 0.717) is 12.0 Å². The Morgan fingerprint density at radius 3 is 2.05 bits per heavy atom. The fourth-order valence-corrected chi connectivity index (χ4v) is 1.91. The second kappa shape index (κ2) is 6.00. The molecule has 20 heavy (non-hydrogen) atoms. The first kappa shape index (κ1) is 13.8. The Hall–Kier alpha value is -2.64. The molecule has 2 aromatic carbocycles. The number of carbonyl (C=O) groups is 1. The van der Waals surface area contributed by atoms with Gasteiger partial charge in [0.25, 0.3) is 0 Å². The summed E-state index contributed by atoms with van der Waals surface area (Å²) in [6.45, 7) is 0. The van der Waals surface area contributed by atoms with Crippen LogP contribution in [0.5, 0.6) is 0 Å². The number of hydrogen-bond acceptors (Lipinski definition) is 3. The van der Waals surface area contributed by atoms with Crippen molar-refractivity contribution in [2.45, 2.75) is 12.5 Å². The molecular weight excluding hydrogens is 252 g/mol. The smallest absolute Gasteiger partial charge is 0.320 e. The lowest BCUT2D eigenvalue weighted by Crippen LogP contribution is -2.32. The van der Waals surface area contributed by atoms with Crippen molar-refractivity contribution in [2.24, 2.45) is 5.73 Å². The summed E-state index contributed by atoms with van der Waals surface area (Å²) in [4.78, 5) is 10.7. The maximum Gasteiger partial charge on any atom is 0.320 e. The molecule has 0 saturated carbocycles. The van der Waals surface area contributed by atoms with E-state index in [-0.39, 0.29) is 0 Å². The lowest BCUT2D eigenvalue weighted by atomic mass is 10.0. The molecule has 0 aliphatic rings. The lowest BCUT2D eigenvalue weighted by Gasteiger charge is -2.07. The highest BCUT2D eigenvalue weighted by molar-refractivity contribution is 5.73. The van der Waals surface area contributed by atoms with Gasteiger partial charge in [0.05, 0.1) is 11.6 Å². The Kier molecular flexibility index (Phi) is 4.14. The van der Waals surface area contributed by atoms with Gasteiger partial charge in [0, 0.05) is 0 Å². The molecule has 0 amide bonds. The molecule has 1 atom stereocenters. The minimum absolute atomic E-state index is 0.309. The molecule has 4 heteroatoms. The van der Waals surface area contributed by atoms with Crippen molar-refractivity contribution in [2.75, 3.05) is 0 Å². The van der Waals surface area contributed by atoms with Crippen molar-refractivity contribution in [1.82, 2.24) is 0 Å². The normalized spacial score (nSPS) is 11.6. The van der Waals surface area contributed by atoms with Gasteiger partial charge in [0.2, 0.25) is 0 Å². The van der Waals surface area contributed by atoms with Crippen LogP contribution in [-0.2, 0) is 11.2 Å². The maximum atomic E-state index is 10.7. The highest BCUT2D eigenvalue weighted by Crippen LogP contribution is 2.20. The van der Waals surface area contributed by atoms with E-state index in [2.05, 4.69) is 6.07 Å². The van der Waals surface area contributed by atoms with Crippen molar-refractivity contribution < 1.29 is 9.90 Å². The maximum absolute atomic E-state index is 10.7. The molecular formula is C16H14N2O2. The Labute approximate surface area is 117 Å². The molecule has 100 valence electrons. The van der Waals surface area contributed by atoms with E-state index in [0.717, 1.165) is 16.7 Å². The van der Waals surface area contributed by atoms with Crippen molar-refractivity contribution in [3.8, 4) is 17.2 Å². The summed E-state index contributed by atoms with van der Waals surface area (Å²) < 4.78 is 0. The third kappa shape index (κ3) is 3.22. The molecule has 0 bridgehead atoms. The Balaban J connectivity index is 2.15. The minimum atomic E-state index is -0.999. The quantitative estimate of drug-likeness (QED) is 0.887. The number of carboxylic acid groups (broad SMARTS) is 1. The first-order valence-corrected chi connectivity index (χ1v) is 6.18. The summed E-state index contributed by atoms with van der Waals surface area (Å²) in [6, 6.07) is 16.1. The number of nitrogens with zero attached hydrogens (tertiary/aromatic N) is 1. The number of aliphatic carboxylic acids is 1. The van der Waals surface area contributed by atoms with Crippen LogP contribution in [-0.4, -0.2) is 17.1 Å². The molecule has 0 aliphatic carbocycles. The third-order valence-electron chi connectivity index (χ3n) is 3.07. The number of carboxylic acids is 1. The van der Waals surface area contributed by atoms with E-state index < -0.39 is 12.0 Å². The van der Waals surface area contributed by atoms with E-state index in [1.807, 2.05) is 36.4 Å². The van der Waals surface area contributed by atoms with Gasteiger partial charge in [-0.3, -0.25) is 4.79 Å². The first-order valence-electron chi connectivity index (χ1n) is 6.18. The highest BCUT2D eigenvalue weighted by Gasteiger charge is 2.11. The zero-order chi connectivity index (χ0) is 14.5. The fraction of sp³-hybridized carbons (Fsp3) is 0.125. The van der Waals surface area contributed by atoms with Crippen molar-refractivity contribution in [3.63, 3.8) is 0 Å². The summed E-state index contributed by atoms with van der Waals surface area (Å²) in [7, 11) is 0. The second-order valence-corrected chi connectivity index (χ2v) is 4.53. The van der Waals surface area contributed by atoms with Crippen molar-refractivity contribution in [3.05, 3.63) is 59.7 Å². The zero-order valence-corrected chi connectivity index (χ0v) is 10.8. The largest absolute Gasteiger partial charge is 0.480 e. The van der Waals surface area contributed by atoms with Gasteiger partial charge >= 0.3 is 5.97 Å². The average Bonchev–Trinajstić information content (AvgIpc) is 2.48. The summed E-state index contributed by atoms with van der Waals surface area (Å²) in [5.41, 5.74) is 9.04. The number of rotatable bonds is 4. The van der Waals surface area contributed by atoms with Gasteiger partial charge in [-0.25, -0.2) is 0 Å². The number of hydrogen-bond donors (Lipinski definition) is 2. The van der Waals surface area contributed by atoms with Crippen LogP contribution in [0, 0.1) is 11.3 Å². The van der Waals surface area contributed by atoms with Gasteiger partial charge in [0.15, 0.2) is 0 Å². The third-order valence-corrected chi connectivity index (χ3v) is 3.07. The van der Waals surface area contributed by atoms with Crippen LogP contribution >= 0.6 is 0 Å². The highest BCUT2D eigenvalue weighted by atomic mass is 16.4. The molecule has 3 N–H and O–H groups in total. The molecule has 0 spiro atoms. The van der Waals surface area contributed by atoms with Gasteiger partial charge < -0.3 is 10.8 Å². The topological polar surface area (TPSA) is 87.1 Å². The number of nitriles is 1. The molecule has 1 unspecified atom stereocenters. The van der Waals surface area contributed by atoms with E-state index in [1.54, 1.807) is 12.1 Å². The Morgan fingerprint density at radius 1 is 1.10 bits per heavy atom. The summed E-state index contributed by atoms with van der Waals surface area (Å²) in [5, 5.41) is 17.5. The first-order chi connectivity index (χ1) is 9.60. The van der Waals surface area contributed by atoms with Gasteiger partial charge in [0.1, 0.15) is 6.04 Å². The van der Waals surface area contributed by atoms with Crippen molar-refractivity contribution >= 4 is 5.97 Å². The summed E-state index contributed by atoms with van der Waals surface area (Å²) >= 11 is 0. The van der Waals surface area contributed by atoms with Crippen LogP contribution in [0.15, 0.2) is 48.5 Å². The molecule has 0 saturated heterocycles. The zero-order valence-electron chi connectivity index (χ0n) is 10.8. The SMILES string of the molecule is N#Cc1ccc(-c2ccc(CC(N)C(=O)O)cc2)cc1. The number of benzene rings is 2. The molecule has 0 aliphatic heterocycles. The lowest BCUT2D eigenvalue weighted by molar-refractivity contribution is -0.138. The van der Waals surface area contributed by atoms with Crippen LogP contribution in [0.25, 0.3) is 11.1 Å². The van der Waals surface area contributed by atoms with Crippen LogP contribution in [0.4, 0.5) is 0 Å². The van der Waals surface area contributed by atoms with Gasteiger partial charge in [-0.15, -0.1) is 0 Å². The fourth-order valence-electron chi connectivity index (χ4n) is 1.91. The predicted molar refractivity (Wildman–Crippen MR) is 75.9 cm³/mol. The van der Waals surface area contributed by atoms with Crippen LogP contribution in [0.2, 0.25) is 0 Å². The standard InChI is InChI=1S/C16H14N2O2/c17-10-12-3-7-14(8-4-12)13-5-1-11(2-6-13)9-15(18)16(19)20/h1-8,15H,9,18H2,(H,19,20). The molecule has 0 radical (unpaired) electrons. The van der Waals surface area contributed by atoms with E-state index in [4.69, 9.17) is 16.1 Å². The second-order valence-electron chi connectivity index (χ2n) is 4.53. The molecule has 0 fully saturated rings. The molecule has 0 aromatic heterocycles.